The van der Waals surface area contributed by atoms with E-state index in [1.165, 1.54) is 0 Å². The van der Waals surface area contributed by atoms with Gasteiger partial charge in [0.05, 0.1) is 5.92 Å². The maximum Gasteiger partial charge on any atom is 0.255 e. The zero-order chi connectivity index (χ0) is 14.5. The lowest BCUT2D eigenvalue weighted by atomic mass is 10.1. The predicted molar refractivity (Wildman–Crippen MR) is 75.0 cm³/mol. The summed E-state index contributed by atoms with van der Waals surface area (Å²) in [6.07, 6.45) is 4.29. The van der Waals surface area contributed by atoms with Gasteiger partial charge in [-0.15, -0.1) is 0 Å². The van der Waals surface area contributed by atoms with Crippen molar-refractivity contribution in [1.82, 2.24) is 0 Å². The molecule has 2 unspecified atom stereocenters. The lowest BCUT2D eigenvalue weighted by Gasteiger charge is -2.11. The van der Waals surface area contributed by atoms with Crippen LogP contribution in [0, 0.1) is 5.92 Å². The van der Waals surface area contributed by atoms with Crippen molar-refractivity contribution < 1.29 is 14.3 Å². The summed E-state index contributed by atoms with van der Waals surface area (Å²) in [7, 11) is 0. The van der Waals surface area contributed by atoms with E-state index in [-0.39, 0.29) is 24.5 Å². The first kappa shape index (κ1) is 14.1. The highest BCUT2D eigenvalue weighted by atomic mass is 16.5. The van der Waals surface area contributed by atoms with Gasteiger partial charge in [0.25, 0.3) is 5.91 Å². The molecule has 5 N–H and O–H groups in total. The maximum absolute atomic E-state index is 11.9. The largest absolute Gasteiger partial charge is 0.484 e. The second kappa shape index (κ2) is 6.21. The molecule has 0 radical (unpaired) electrons. The topological polar surface area (TPSA) is 107 Å². The molecule has 1 aromatic rings. The Hall–Kier alpha value is -2.34. The average molecular weight is 275 g/mol. The van der Waals surface area contributed by atoms with Crippen molar-refractivity contribution in [1.29, 1.82) is 0 Å². The van der Waals surface area contributed by atoms with E-state index in [0.717, 1.165) is 0 Å². The number of nitrogens with two attached hydrogens (primary N) is 2. The van der Waals surface area contributed by atoms with Crippen LogP contribution in [-0.4, -0.2) is 24.5 Å². The Morgan fingerprint density at radius 1 is 1.25 bits per heavy atom. The molecular weight excluding hydrogens is 258 g/mol. The van der Waals surface area contributed by atoms with Gasteiger partial charge in [0, 0.05) is 11.7 Å². The van der Waals surface area contributed by atoms with E-state index in [2.05, 4.69) is 5.32 Å². The third kappa shape index (κ3) is 3.83. The quantitative estimate of drug-likeness (QED) is 0.676. The van der Waals surface area contributed by atoms with Crippen LogP contribution in [0.1, 0.15) is 6.42 Å². The number of carbonyl (C=O) groups excluding carboxylic acids is 2. The third-order valence-electron chi connectivity index (χ3n) is 2.96. The van der Waals surface area contributed by atoms with Crippen molar-refractivity contribution in [3.8, 4) is 5.75 Å². The van der Waals surface area contributed by atoms with E-state index < -0.39 is 5.91 Å². The molecule has 0 aliphatic heterocycles. The number of carbonyl (C=O) groups is 2. The zero-order valence-corrected chi connectivity index (χ0v) is 10.9. The lowest BCUT2D eigenvalue weighted by Crippen LogP contribution is -2.24. The highest BCUT2D eigenvalue weighted by Gasteiger charge is 2.22. The number of anilines is 1. The second-order valence-corrected chi connectivity index (χ2v) is 4.66. The molecule has 0 saturated carbocycles. The van der Waals surface area contributed by atoms with Crippen LogP contribution >= 0.6 is 0 Å². The van der Waals surface area contributed by atoms with Gasteiger partial charge in [-0.2, -0.15) is 0 Å². The van der Waals surface area contributed by atoms with Gasteiger partial charge < -0.3 is 21.5 Å². The number of hydrogen-bond acceptors (Lipinski definition) is 4. The lowest BCUT2D eigenvalue weighted by molar-refractivity contribution is -0.120. The van der Waals surface area contributed by atoms with E-state index in [9.17, 15) is 9.59 Å². The Balaban J connectivity index is 1.88. The highest BCUT2D eigenvalue weighted by molar-refractivity contribution is 5.94. The van der Waals surface area contributed by atoms with Crippen LogP contribution in [0.15, 0.2) is 36.4 Å². The molecule has 0 spiro atoms. The molecule has 1 aliphatic carbocycles. The monoisotopic (exact) mass is 275 g/mol. The summed E-state index contributed by atoms with van der Waals surface area (Å²) < 4.78 is 5.13. The molecule has 2 amide bonds. The molecule has 1 aliphatic rings. The summed E-state index contributed by atoms with van der Waals surface area (Å²) in [6.45, 7) is -0.170. The summed E-state index contributed by atoms with van der Waals surface area (Å²) in [6, 6.07) is 6.68. The van der Waals surface area contributed by atoms with Crippen LogP contribution in [0.2, 0.25) is 0 Å². The molecule has 0 bridgehead atoms. The van der Waals surface area contributed by atoms with Crippen LogP contribution in [0.4, 0.5) is 5.69 Å². The molecule has 2 atom stereocenters. The normalized spacial score (nSPS) is 20.6. The maximum atomic E-state index is 11.9. The van der Waals surface area contributed by atoms with Crippen LogP contribution in [0.25, 0.3) is 0 Å². The number of hydrogen-bond donors (Lipinski definition) is 3. The molecule has 2 rings (SSSR count). The van der Waals surface area contributed by atoms with Crippen LogP contribution in [0.5, 0.6) is 5.75 Å². The van der Waals surface area contributed by atoms with Crippen molar-refractivity contribution in [3.63, 3.8) is 0 Å². The molecule has 0 fully saturated rings. The van der Waals surface area contributed by atoms with Crippen LogP contribution < -0.4 is 21.5 Å². The van der Waals surface area contributed by atoms with Gasteiger partial charge in [0.2, 0.25) is 5.91 Å². The number of primary amides is 1. The smallest absolute Gasteiger partial charge is 0.255 e. The predicted octanol–water partition coefficient (Wildman–Crippen LogP) is 0.393. The minimum atomic E-state index is -0.535. The minimum Gasteiger partial charge on any atom is -0.484 e. The fourth-order valence-electron chi connectivity index (χ4n) is 1.95. The Morgan fingerprint density at radius 3 is 2.50 bits per heavy atom. The van der Waals surface area contributed by atoms with Crippen LogP contribution in [-0.2, 0) is 9.59 Å². The molecule has 106 valence electrons. The minimum absolute atomic E-state index is 0.0460. The highest BCUT2D eigenvalue weighted by Crippen LogP contribution is 2.20. The molecule has 6 heteroatoms. The van der Waals surface area contributed by atoms with Crippen molar-refractivity contribution >= 4 is 17.5 Å². The molecule has 1 aromatic carbocycles. The molecule has 0 heterocycles. The Bertz CT molecular complexity index is 525. The van der Waals surface area contributed by atoms with Crippen molar-refractivity contribution in [2.45, 2.75) is 12.5 Å². The Labute approximate surface area is 116 Å². The first-order valence-corrected chi connectivity index (χ1v) is 6.30. The van der Waals surface area contributed by atoms with E-state index in [4.69, 9.17) is 16.2 Å². The number of rotatable bonds is 5. The van der Waals surface area contributed by atoms with Gasteiger partial charge in [-0.25, -0.2) is 0 Å². The summed E-state index contributed by atoms with van der Waals surface area (Å²) in [4.78, 5) is 22.5. The second-order valence-electron chi connectivity index (χ2n) is 4.66. The van der Waals surface area contributed by atoms with Gasteiger partial charge in [0.15, 0.2) is 6.61 Å². The Morgan fingerprint density at radius 2 is 1.95 bits per heavy atom. The van der Waals surface area contributed by atoms with Crippen molar-refractivity contribution in [3.05, 3.63) is 36.4 Å². The summed E-state index contributed by atoms with van der Waals surface area (Å²) in [5.74, 6) is -0.285. The van der Waals surface area contributed by atoms with E-state index in [1.54, 1.807) is 24.3 Å². The zero-order valence-electron chi connectivity index (χ0n) is 10.9. The van der Waals surface area contributed by atoms with Gasteiger partial charge in [-0.1, -0.05) is 12.2 Å². The molecule has 20 heavy (non-hydrogen) atoms. The van der Waals surface area contributed by atoms with Gasteiger partial charge >= 0.3 is 0 Å². The third-order valence-corrected chi connectivity index (χ3v) is 2.96. The fraction of sp³-hybridized carbons (Fsp3) is 0.286. The summed E-state index contributed by atoms with van der Waals surface area (Å²) >= 11 is 0. The number of benzene rings is 1. The van der Waals surface area contributed by atoms with Gasteiger partial charge in [-0.05, 0) is 30.7 Å². The van der Waals surface area contributed by atoms with Gasteiger partial charge in [-0.3, -0.25) is 9.59 Å². The number of ether oxygens (including phenoxy) is 1. The molecule has 0 saturated heterocycles. The van der Waals surface area contributed by atoms with E-state index in [0.29, 0.717) is 17.9 Å². The van der Waals surface area contributed by atoms with E-state index >= 15 is 0 Å². The Kier molecular flexibility index (Phi) is 4.37. The van der Waals surface area contributed by atoms with Crippen molar-refractivity contribution in [2.24, 2.45) is 17.4 Å². The number of amides is 2. The standard InChI is InChI=1S/C14H17N3O3/c15-10-2-1-9(7-10)14(19)17-11-3-5-12(6-4-11)20-8-13(16)18/h1-6,9-10H,7-8,15H2,(H2,16,18)(H,17,19). The van der Waals surface area contributed by atoms with E-state index in [1.807, 2.05) is 12.2 Å². The number of nitrogens with one attached hydrogen (secondary N) is 1. The first-order valence-electron chi connectivity index (χ1n) is 6.30. The molecular formula is C14H17N3O3. The summed E-state index contributed by atoms with van der Waals surface area (Å²) in [5.41, 5.74) is 11.4. The molecule has 6 nitrogen and oxygen atoms in total. The van der Waals surface area contributed by atoms with Gasteiger partial charge in [0.1, 0.15) is 5.75 Å². The fourth-order valence-corrected chi connectivity index (χ4v) is 1.95. The SMILES string of the molecule is NC(=O)COc1ccc(NC(=O)C2C=CC(N)C2)cc1. The average Bonchev–Trinajstić information content (AvgIpc) is 2.85. The van der Waals surface area contributed by atoms with Crippen LogP contribution in [0.3, 0.4) is 0 Å². The molecule has 0 aromatic heterocycles. The summed E-state index contributed by atoms with van der Waals surface area (Å²) in [5, 5.41) is 2.80. The van der Waals surface area contributed by atoms with Crippen molar-refractivity contribution in [2.75, 3.05) is 11.9 Å². The first-order chi connectivity index (χ1) is 9.54.